The number of amides is 1. The van der Waals surface area contributed by atoms with Gasteiger partial charge in [-0.25, -0.2) is 9.48 Å². The maximum atomic E-state index is 12.6. The third kappa shape index (κ3) is 3.74. The lowest BCUT2D eigenvalue weighted by Crippen LogP contribution is -2.38. The SMILES string of the molecule is Cn1nc(C2CCN(C(=O)CCC3CCCCC3)CC2)n(C2CC2)c1=O. The van der Waals surface area contributed by atoms with Crippen LogP contribution in [0.1, 0.15) is 88.4 Å². The highest BCUT2D eigenvalue weighted by atomic mass is 16.2. The van der Waals surface area contributed by atoms with Crippen LogP contribution in [0.5, 0.6) is 0 Å². The van der Waals surface area contributed by atoms with E-state index in [-0.39, 0.29) is 5.69 Å². The van der Waals surface area contributed by atoms with Crippen LogP contribution in [0.4, 0.5) is 0 Å². The molecule has 6 nitrogen and oxygen atoms in total. The Morgan fingerprint density at radius 2 is 1.73 bits per heavy atom. The number of carbonyl (C=O) groups excluding carboxylic acids is 1. The van der Waals surface area contributed by atoms with E-state index in [9.17, 15) is 9.59 Å². The summed E-state index contributed by atoms with van der Waals surface area (Å²) in [5, 5.41) is 4.53. The molecule has 6 heteroatoms. The molecule has 144 valence electrons. The first kappa shape index (κ1) is 17.8. The summed E-state index contributed by atoms with van der Waals surface area (Å²) < 4.78 is 3.40. The molecule has 1 amide bonds. The molecule has 1 saturated heterocycles. The normalized spacial score (nSPS) is 22.7. The lowest BCUT2D eigenvalue weighted by Gasteiger charge is -2.32. The van der Waals surface area contributed by atoms with E-state index in [1.54, 1.807) is 7.05 Å². The van der Waals surface area contributed by atoms with Crippen LogP contribution < -0.4 is 5.69 Å². The molecule has 1 aromatic heterocycles. The molecule has 0 radical (unpaired) electrons. The van der Waals surface area contributed by atoms with E-state index in [0.29, 0.717) is 24.3 Å². The molecule has 0 spiro atoms. The van der Waals surface area contributed by atoms with E-state index < -0.39 is 0 Å². The van der Waals surface area contributed by atoms with Crippen molar-refractivity contribution in [2.45, 2.75) is 82.6 Å². The predicted molar refractivity (Wildman–Crippen MR) is 100 cm³/mol. The van der Waals surface area contributed by atoms with Gasteiger partial charge in [0.05, 0.1) is 0 Å². The van der Waals surface area contributed by atoms with Gasteiger partial charge in [0.2, 0.25) is 5.91 Å². The molecule has 2 saturated carbocycles. The Hall–Kier alpha value is -1.59. The molecule has 3 fully saturated rings. The van der Waals surface area contributed by atoms with E-state index in [1.165, 1.54) is 36.8 Å². The average molecular weight is 361 g/mol. The molecular formula is C20H32N4O2. The van der Waals surface area contributed by atoms with Crippen LogP contribution in [0.2, 0.25) is 0 Å². The number of likely N-dealkylation sites (tertiary alicyclic amines) is 1. The Morgan fingerprint density at radius 1 is 1.04 bits per heavy atom. The highest BCUT2D eigenvalue weighted by Gasteiger charge is 2.34. The van der Waals surface area contributed by atoms with Crippen LogP contribution in [0.3, 0.4) is 0 Å². The van der Waals surface area contributed by atoms with Gasteiger partial charge in [-0.3, -0.25) is 9.36 Å². The minimum atomic E-state index is 0.0217. The lowest BCUT2D eigenvalue weighted by atomic mass is 9.86. The Labute approximate surface area is 155 Å². The average Bonchev–Trinajstić information content (AvgIpc) is 3.47. The zero-order chi connectivity index (χ0) is 18.1. The quantitative estimate of drug-likeness (QED) is 0.811. The highest BCUT2D eigenvalue weighted by molar-refractivity contribution is 5.76. The van der Waals surface area contributed by atoms with Crippen molar-refractivity contribution < 1.29 is 4.79 Å². The fourth-order valence-electron chi connectivity index (χ4n) is 4.80. The Bertz CT molecular complexity index is 689. The van der Waals surface area contributed by atoms with Crippen molar-refractivity contribution in [2.24, 2.45) is 13.0 Å². The Morgan fingerprint density at radius 3 is 2.38 bits per heavy atom. The Balaban J connectivity index is 1.31. The largest absolute Gasteiger partial charge is 0.345 e. The minimum absolute atomic E-state index is 0.0217. The molecule has 3 aliphatic rings. The second-order valence-corrected chi connectivity index (χ2v) is 8.56. The number of piperidine rings is 1. The van der Waals surface area contributed by atoms with Crippen LogP contribution in [0, 0.1) is 5.92 Å². The standard InChI is InChI=1S/C20H32N4O2/c1-22-20(26)24(17-8-9-17)19(21-22)16-11-13-23(14-12-16)18(25)10-7-15-5-3-2-4-6-15/h15-17H,2-14H2,1H3. The van der Waals surface area contributed by atoms with Crippen LogP contribution in [0.25, 0.3) is 0 Å². The van der Waals surface area contributed by atoms with Gasteiger partial charge in [0.15, 0.2) is 0 Å². The number of hydrogen-bond acceptors (Lipinski definition) is 3. The number of aryl methyl sites for hydroxylation is 1. The van der Waals surface area contributed by atoms with Gasteiger partial charge in [-0.15, -0.1) is 0 Å². The van der Waals surface area contributed by atoms with Gasteiger partial charge in [0.25, 0.3) is 0 Å². The van der Waals surface area contributed by atoms with Gasteiger partial charge < -0.3 is 4.90 Å². The maximum Gasteiger partial charge on any atom is 0.345 e. The monoisotopic (exact) mass is 360 g/mol. The van der Waals surface area contributed by atoms with E-state index in [4.69, 9.17) is 0 Å². The zero-order valence-corrected chi connectivity index (χ0v) is 16.0. The topological polar surface area (TPSA) is 60.1 Å². The molecule has 4 rings (SSSR count). The van der Waals surface area contributed by atoms with Gasteiger partial charge in [0.1, 0.15) is 5.82 Å². The molecule has 0 N–H and O–H groups in total. The number of nitrogens with zero attached hydrogens (tertiary/aromatic N) is 4. The molecule has 1 aromatic rings. The second kappa shape index (κ2) is 7.57. The van der Waals surface area contributed by atoms with E-state index in [2.05, 4.69) is 5.10 Å². The van der Waals surface area contributed by atoms with Crippen molar-refractivity contribution in [3.05, 3.63) is 16.3 Å². The van der Waals surface area contributed by atoms with Crippen molar-refractivity contribution in [3.63, 3.8) is 0 Å². The van der Waals surface area contributed by atoms with E-state index >= 15 is 0 Å². The summed E-state index contributed by atoms with van der Waals surface area (Å²) in [6.07, 6.45) is 12.5. The third-order valence-electron chi connectivity index (χ3n) is 6.60. The molecule has 0 aromatic carbocycles. The first-order valence-electron chi connectivity index (χ1n) is 10.6. The molecule has 0 bridgehead atoms. The van der Waals surface area contributed by atoms with E-state index in [1.807, 2.05) is 9.47 Å². The Kier molecular flexibility index (Phi) is 5.18. The predicted octanol–water partition coefficient (Wildman–Crippen LogP) is 2.98. The summed E-state index contributed by atoms with van der Waals surface area (Å²) in [4.78, 5) is 26.9. The number of rotatable bonds is 5. The third-order valence-corrected chi connectivity index (χ3v) is 6.60. The van der Waals surface area contributed by atoms with Crippen molar-refractivity contribution in [1.82, 2.24) is 19.2 Å². The van der Waals surface area contributed by atoms with Crippen molar-refractivity contribution in [1.29, 1.82) is 0 Å². The van der Waals surface area contributed by atoms with Gasteiger partial charge in [-0.2, -0.15) is 5.10 Å². The zero-order valence-electron chi connectivity index (χ0n) is 16.0. The summed E-state index contributed by atoms with van der Waals surface area (Å²) in [7, 11) is 1.74. The summed E-state index contributed by atoms with van der Waals surface area (Å²) in [5.41, 5.74) is 0.0217. The van der Waals surface area contributed by atoms with Crippen molar-refractivity contribution >= 4 is 5.91 Å². The number of hydrogen-bond donors (Lipinski definition) is 0. The van der Waals surface area contributed by atoms with Crippen molar-refractivity contribution in [3.8, 4) is 0 Å². The summed E-state index contributed by atoms with van der Waals surface area (Å²) in [6, 6.07) is 0.362. The first-order chi connectivity index (χ1) is 12.6. The molecule has 1 aliphatic heterocycles. The number of carbonyl (C=O) groups is 1. The summed E-state index contributed by atoms with van der Waals surface area (Å²) >= 11 is 0. The lowest BCUT2D eigenvalue weighted by molar-refractivity contribution is -0.132. The fraction of sp³-hybridized carbons (Fsp3) is 0.850. The van der Waals surface area contributed by atoms with E-state index in [0.717, 1.165) is 56.9 Å². The van der Waals surface area contributed by atoms with Crippen LogP contribution >= 0.6 is 0 Å². The van der Waals surface area contributed by atoms with Gasteiger partial charge in [-0.1, -0.05) is 32.1 Å². The van der Waals surface area contributed by atoms with Gasteiger partial charge >= 0.3 is 5.69 Å². The number of aromatic nitrogens is 3. The molecule has 0 atom stereocenters. The molecule has 2 heterocycles. The molecule has 2 aliphatic carbocycles. The first-order valence-corrected chi connectivity index (χ1v) is 10.6. The second-order valence-electron chi connectivity index (χ2n) is 8.56. The van der Waals surface area contributed by atoms with Crippen LogP contribution in [0.15, 0.2) is 4.79 Å². The maximum absolute atomic E-state index is 12.6. The highest BCUT2D eigenvalue weighted by Crippen LogP contribution is 2.37. The van der Waals surface area contributed by atoms with Crippen LogP contribution in [-0.2, 0) is 11.8 Å². The van der Waals surface area contributed by atoms with Gasteiger partial charge in [-0.05, 0) is 38.0 Å². The molecule has 0 unspecified atom stereocenters. The smallest absolute Gasteiger partial charge is 0.343 e. The van der Waals surface area contributed by atoms with Gasteiger partial charge in [0, 0.05) is 38.5 Å². The van der Waals surface area contributed by atoms with Crippen LogP contribution in [-0.4, -0.2) is 38.2 Å². The minimum Gasteiger partial charge on any atom is -0.343 e. The fourth-order valence-corrected chi connectivity index (χ4v) is 4.80. The summed E-state index contributed by atoms with van der Waals surface area (Å²) in [5.74, 6) is 2.36. The summed E-state index contributed by atoms with van der Waals surface area (Å²) in [6.45, 7) is 1.62. The molecular weight excluding hydrogens is 328 g/mol. The molecule has 26 heavy (non-hydrogen) atoms. The van der Waals surface area contributed by atoms with Crippen molar-refractivity contribution in [2.75, 3.05) is 13.1 Å².